The molecule has 0 bridgehead atoms. The second-order valence-electron chi connectivity index (χ2n) is 4.64. The normalized spacial score (nSPS) is 11.0. The molecule has 0 aliphatic rings. The fraction of sp³-hybridized carbons (Fsp3) is 0.133. The number of H-pyrrole nitrogens is 1. The fourth-order valence-electron chi connectivity index (χ4n) is 2.16. The average Bonchev–Trinajstić information content (AvgIpc) is 2.94. The van der Waals surface area contributed by atoms with E-state index in [0.717, 1.165) is 4.52 Å². The Balaban J connectivity index is 2.29. The van der Waals surface area contributed by atoms with E-state index >= 15 is 0 Å². The summed E-state index contributed by atoms with van der Waals surface area (Å²) in [6.07, 6.45) is 2.19. The molecule has 0 aliphatic heterocycles. The first-order chi connectivity index (χ1) is 11.5. The molecule has 0 saturated carbocycles. The van der Waals surface area contributed by atoms with Crippen molar-refractivity contribution in [1.82, 2.24) is 19.6 Å². The van der Waals surface area contributed by atoms with Crippen molar-refractivity contribution >= 4 is 17.2 Å². The number of ether oxygens (including phenoxy) is 1. The van der Waals surface area contributed by atoms with Crippen LogP contribution in [0.15, 0.2) is 29.1 Å². The number of hydrogen-bond acceptors (Lipinski definition) is 4. The number of fused-ring (bicyclic) bond motifs is 1. The van der Waals surface area contributed by atoms with Crippen LogP contribution in [0.25, 0.3) is 16.8 Å². The highest BCUT2D eigenvalue weighted by atomic mass is 35.5. The second kappa shape index (κ2) is 6.29. The molecule has 0 spiro atoms. The van der Waals surface area contributed by atoms with Gasteiger partial charge in [0.15, 0.2) is 12.3 Å². The number of rotatable bonds is 4. The number of nitrogens with zero attached hydrogens (tertiary/aromatic N) is 3. The largest absolute Gasteiger partial charge is 0.451 e. The average molecular weight is 351 g/mol. The summed E-state index contributed by atoms with van der Waals surface area (Å²) in [5, 5.41) is 4.11. The van der Waals surface area contributed by atoms with Crippen LogP contribution < -0.4 is 10.4 Å². The fourth-order valence-corrected chi connectivity index (χ4v) is 2.29. The lowest BCUT2D eigenvalue weighted by Gasteiger charge is -2.04. The van der Waals surface area contributed by atoms with Gasteiger partial charge in [0.1, 0.15) is 5.69 Å². The van der Waals surface area contributed by atoms with Gasteiger partial charge in [-0.15, -0.1) is 6.42 Å². The lowest BCUT2D eigenvalue weighted by atomic mass is 10.1. The molecule has 0 unspecified atom stereocenters. The highest BCUT2D eigenvalue weighted by molar-refractivity contribution is 6.30. The number of halogens is 3. The molecule has 122 valence electrons. The first-order valence-electron chi connectivity index (χ1n) is 6.64. The van der Waals surface area contributed by atoms with E-state index in [1.54, 1.807) is 12.1 Å². The predicted octanol–water partition coefficient (Wildman–Crippen LogP) is 2.69. The van der Waals surface area contributed by atoms with Gasteiger partial charge in [0.25, 0.3) is 6.43 Å². The van der Waals surface area contributed by atoms with Gasteiger partial charge >= 0.3 is 11.7 Å². The Morgan fingerprint density at radius 3 is 2.71 bits per heavy atom. The maximum Gasteiger partial charge on any atom is 0.352 e. The molecular weight excluding hydrogens is 342 g/mol. The van der Waals surface area contributed by atoms with Gasteiger partial charge < -0.3 is 4.74 Å². The van der Waals surface area contributed by atoms with E-state index in [1.165, 1.54) is 12.1 Å². The zero-order valence-corrected chi connectivity index (χ0v) is 12.7. The number of alkyl halides is 2. The summed E-state index contributed by atoms with van der Waals surface area (Å²) in [4.78, 5) is 18.4. The predicted molar refractivity (Wildman–Crippen MR) is 83.3 cm³/mol. The molecule has 0 radical (unpaired) electrons. The van der Waals surface area contributed by atoms with Crippen LogP contribution in [0.5, 0.6) is 6.01 Å². The monoisotopic (exact) mass is 350 g/mol. The van der Waals surface area contributed by atoms with E-state index in [2.05, 4.69) is 21.0 Å². The zero-order chi connectivity index (χ0) is 17.3. The number of aromatic nitrogens is 4. The molecule has 0 amide bonds. The van der Waals surface area contributed by atoms with Gasteiger partial charge in [-0.3, -0.25) is 4.98 Å². The molecule has 1 aromatic carbocycles. The van der Waals surface area contributed by atoms with Gasteiger partial charge in [-0.25, -0.2) is 13.6 Å². The number of aromatic amines is 1. The Morgan fingerprint density at radius 1 is 1.38 bits per heavy atom. The summed E-state index contributed by atoms with van der Waals surface area (Å²) in [5.41, 5.74) is -0.981. The van der Waals surface area contributed by atoms with Gasteiger partial charge in [-0.05, 0) is 17.7 Å². The van der Waals surface area contributed by atoms with Gasteiger partial charge in [0.2, 0.25) is 0 Å². The quantitative estimate of drug-likeness (QED) is 0.734. The third kappa shape index (κ3) is 2.81. The third-order valence-corrected chi connectivity index (χ3v) is 3.39. The topological polar surface area (TPSA) is 72.3 Å². The Labute approximate surface area is 139 Å². The van der Waals surface area contributed by atoms with Crippen molar-refractivity contribution in [3.8, 4) is 29.5 Å². The van der Waals surface area contributed by atoms with E-state index in [1.807, 2.05) is 0 Å². The van der Waals surface area contributed by atoms with Crippen molar-refractivity contribution in [3.63, 3.8) is 0 Å². The van der Waals surface area contributed by atoms with Gasteiger partial charge in [0.05, 0.1) is 5.56 Å². The van der Waals surface area contributed by atoms with Crippen LogP contribution in [0.3, 0.4) is 0 Å². The minimum absolute atomic E-state index is 0.0262. The maximum atomic E-state index is 13.4. The van der Waals surface area contributed by atoms with Crippen LogP contribution in [0, 0.1) is 12.3 Å². The highest BCUT2D eigenvalue weighted by Gasteiger charge is 2.24. The van der Waals surface area contributed by atoms with Gasteiger partial charge in [-0.1, -0.05) is 29.7 Å². The smallest absolute Gasteiger partial charge is 0.352 e. The van der Waals surface area contributed by atoms with Crippen molar-refractivity contribution in [2.45, 2.75) is 6.43 Å². The third-order valence-electron chi connectivity index (χ3n) is 3.13. The molecule has 1 N–H and O–H groups in total. The number of nitrogens with one attached hydrogen (secondary N) is 1. The molecule has 24 heavy (non-hydrogen) atoms. The molecule has 3 aromatic rings. The Morgan fingerprint density at radius 2 is 2.08 bits per heavy atom. The SMILES string of the molecule is C#CCOc1nc2c(-c3ccc(Cl)cc3)c(C(F)F)nn2c(=O)[nH]1. The van der Waals surface area contributed by atoms with Crippen LogP contribution in [0.4, 0.5) is 8.78 Å². The van der Waals surface area contributed by atoms with Crippen LogP contribution in [-0.2, 0) is 0 Å². The molecule has 2 aromatic heterocycles. The Bertz CT molecular complexity index is 990. The molecule has 9 heteroatoms. The summed E-state index contributed by atoms with van der Waals surface area (Å²) in [7, 11) is 0. The maximum absolute atomic E-state index is 13.4. The molecule has 3 rings (SSSR count). The zero-order valence-electron chi connectivity index (χ0n) is 12.0. The Hall–Kier alpha value is -2.92. The minimum atomic E-state index is -2.90. The minimum Gasteiger partial charge on any atom is -0.451 e. The first kappa shape index (κ1) is 16.0. The summed E-state index contributed by atoms with van der Waals surface area (Å²) < 4.78 is 32.6. The molecule has 6 nitrogen and oxygen atoms in total. The number of hydrogen-bond donors (Lipinski definition) is 1. The molecule has 0 saturated heterocycles. The van der Waals surface area contributed by atoms with Crippen LogP contribution in [-0.4, -0.2) is 26.2 Å². The van der Waals surface area contributed by atoms with Crippen molar-refractivity contribution in [2.75, 3.05) is 6.61 Å². The van der Waals surface area contributed by atoms with Crippen LogP contribution in [0.2, 0.25) is 5.02 Å². The summed E-state index contributed by atoms with van der Waals surface area (Å²) in [6, 6.07) is 5.98. The van der Waals surface area contributed by atoms with Crippen molar-refractivity contribution in [2.24, 2.45) is 0 Å². The molecule has 0 fully saturated rings. The lowest BCUT2D eigenvalue weighted by molar-refractivity contribution is 0.146. The molecular formula is C15H9ClF2N4O2. The van der Waals surface area contributed by atoms with E-state index in [9.17, 15) is 13.6 Å². The molecule has 0 aliphatic carbocycles. The summed E-state index contributed by atoms with van der Waals surface area (Å²) in [5.74, 6) is 2.22. The molecule has 0 atom stereocenters. The van der Waals surface area contributed by atoms with Crippen molar-refractivity contribution < 1.29 is 13.5 Å². The summed E-state index contributed by atoms with van der Waals surface area (Å²) >= 11 is 5.82. The van der Waals surface area contributed by atoms with E-state index < -0.39 is 17.8 Å². The number of terminal acetylenes is 1. The van der Waals surface area contributed by atoms with Gasteiger partial charge in [0, 0.05) is 5.02 Å². The highest BCUT2D eigenvalue weighted by Crippen LogP contribution is 2.33. The van der Waals surface area contributed by atoms with E-state index in [4.69, 9.17) is 22.8 Å². The summed E-state index contributed by atoms with van der Waals surface area (Å²) in [6.45, 7) is -0.134. The molecule has 2 heterocycles. The number of benzene rings is 1. The van der Waals surface area contributed by atoms with Crippen molar-refractivity contribution in [3.05, 3.63) is 45.5 Å². The van der Waals surface area contributed by atoms with Crippen LogP contribution in [0.1, 0.15) is 12.1 Å². The van der Waals surface area contributed by atoms with Crippen molar-refractivity contribution in [1.29, 1.82) is 0 Å². The van der Waals surface area contributed by atoms with E-state index in [-0.39, 0.29) is 23.8 Å². The van der Waals surface area contributed by atoms with Crippen LogP contribution >= 0.6 is 11.6 Å². The Kier molecular flexibility index (Phi) is 4.18. The second-order valence-corrected chi connectivity index (χ2v) is 5.08. The lowest BCUT2D eigenvalue weighted by Crippen LogP contribution is -2.20. The van der Waals surface area contributed by atoms with Gasteiger partial charge in [-0.2, -0.15) is 14.6 Å². The van der Waals surface area contributed by atoms with E-state index in [0.29, 0.717) is 10.6 Å². The standard InChI is InChI=1S/C15H9ClF2N4O2/c1-2-7-24-14-19-13-10(8-3-5-9(16)6-4-8)11(12(17)18)21-22(13)15(23)20-14/h1,3-6,12H,7H2,(H,19,20,23). The first-order valence-corrected chi connectivity index (χ1v) is 7.02.